The predicted molar refractivity (Wildman–Crippen MR) is 93.9 cm³/mol. The number of hydrogen-bond donors (Lipinski definition) is 0. The Labute approximate surface area is 148 Å². The van der Waals surface area contributed by atoms with E-state index in [2.05, 4.69) is 10.3 Å². The monoisotopic (exact) mass is 354 g/mol. The minimum Gasteiger partial charge on any atom is -0.304 e. The van der Waals surface area contributed by atoms with Gasteiger partial charge in [-0.05, 0) is 29.8 Å². The Morgan fingerprint density at radius 2 is 1.88 bits per heavy atom. The molecule has 0 N–H and O–H groups in total. The molecule has 1 amide bonds. The van der Waals surface area contributed by atoms with Crippen molar-refractivity contribution in [3.05, 3.63) is 71.8 Å². The van der Waals surface area contributed by atoms with Gasteiger partial charge in [0.05, 0.1) is 30.7 Å². The maximum absolute atomic E-state index is 13.0. The third-order valence-corrected chi connectivity index (χ3v) is 5.02. The van der Waals surface area contributed by atoms with Crippen molar-refractivity contribution >= 4 is 23.4 Å². The second-order valence-corrected chi connectivity index (χ2v) is 6.79. The molecular formula is C18H15FN4OS. The molecule has 1 aliphatic heterocycles. The fraction of sp³-hybridized carbons (Fsp3) is 0.167. The van der Waals surface area contributed by atoms with Crippen LogP contribution in [0.15, 0.2) is 59.6 Å². The maximum Gasteiger partial charge on any atom is 0.237 e. The van der Waals surface area contributed by atoms with E-state index >= 15 is 0 Å². The SMILES string of the molecule is O=C1CSc2ccccc2N1Cc1cn(Cc2ccc(F)cc2)nn1. The number of nitrogens with zero attached hydrogens (tertiary/aromatic N) is 4. The van der Waals surface area contributed by atoms with Gasteiger partial charge in [-0.15, -0.1) is 16.9 Å². The Bertz CT molecular complexity index is 909. The summed E-state index contributed by atoms with van der Waals surface area (Å²) in [5.41, 5.74) is 2.57. The zero-order chi connectivity index (χ0) is 17.2. The lowest BCUT2D eigenvalue weighted by Gasteiger charge is -2.28. The fourth-order valence-corrected chi connectivity index (χ4v) is 3.69. The van der Waals surface area contributed by atoms with Crippen molar-refractivity contribution in [2.75, 3.05) is 10.7 Å². The van der Waals surface area contributed by atoms with Crippen molar-refractivity contribution in [2.24, 2.45) is 0 Å². The van der Waals surface area contributed by atoms with E-state index in [9.17, 15) is 9.18 Å². The predicted octanol–water partition coefficient (Wildman–Crippen LogP) is 3.10. The highest BCUT2D eigenvalue weighted by molar-refractivity contribution is 8.00. The first-order chi connectivity index (χ1) is 12.2. The van der Waals surface area contributed by atoms with Gasteiger partial charge in [0.2, 0.25) is 5.91 Å². The van der Waals surface area contributed by atoms with Crippen LogP contribution in [0.25, 0.3) is 0 Å². The maximum atomic E-state index is 13.0. The molecule has 0 atom stereocenters. The molecule has 0 saturated carbocycles. The molecule has 5 nitrogen and oxygen atoms in total. The summed E-state index contributed by atoms with van der Waals surface area (Å²) < 4.78 is 14.7. The van der Waals surface area contributed by atoms with Crippen LogP contribution < -0.4 is 4.90 Å². The summed E-state index contributed by atoms with van der Waals surface area (Å²) in [6.45, 7) is 0.896. The highest BCUT2D eigenvalue weighted by Crippen LogP contribution is 2.35. The number of fused-ring (bicyclic) bond motifs is 1. The van der Waals surface area contributed by atoms with E-state index in [4.69, 9.17) is 0 Å². The van der Waals surface area contributed by atoms with Crippen molar-refractivity contribution in [2.45, 2.75) is 18.0 Å². The van der Waals surface area contributed by atoms with Crippen LogP contribution in [0.4, 0.5) is 10.1 Å². The molecule has 0 aliphatic carbocycles. The molecule has 0 saturated heterocycles. The topological polar surface area (TPSA) is 51.0 Å². The molecule has 0 bridgehead atoms. The largest absolute Gasteiger partial charge is 0.304 e. The number of anilines is 1. The average Bonchev–Trinajstić information content (AvgIpc) is 3.07. The molecule has 2 aromatic carbocycles. The summed E-state index contributed by atoms with van der Waals surface area (Å²) >= 11 is 1.56. The molecular weight excluding hydrogens is 339 g/mol. The van der Waals surface area contributed by atoms with E-state index in [0.717, 1.165) is 21.8 Å². The zero-order valence-electron chi connectivity index (χ0n) is 13.3. The standard InChI is InChI=1S/C18H15FN4OS/c19-14-7-5-13(6-8-14)9-22-10-15(20-21-22)11-23-16-3-1-2-4-17(16)25-12-18(23)24/h1-8,10H,9,11-12H2. The quantitative estimate of drug-likeness (QED) is 0.722. The summed E-state index contributed by atoms with van der Waals surface area (Å²) in [7, 11) is 0. The third kappa shape index (κ3) is 3.41. The van der Waals surface area contributed by atoms with E-state index in [1.807, 2.05) is 30.5 Å². The van der Waals surface area contributed by atoms with Gasteiger partial charge in [-0.2, -0.15) is 0 Å². The van der Waals surface area contributed by atoms with E-state index in [1.165, 1.54) is 12.1 Å². The molecule has 126 valence electrons. The van der Waals surface area contributed by atoms with Gasteiger partial charge in [0.15, 0.2) is 0 Å². The minimum atomic E-state index is -0.261. The lowest BCUT2D eigenvalue weighted by Crippen LogP contribution is -2.34. The van der Waals surface area contributed by atoms with Crippen LogP contribution in [-0.4, -0.2) is 26.7 Å². The molecule has 4 rings (SSSR count). The first-order valence-corrected chi connectivity index (χ1v) is 8.83. The van der Waals surface area contributed by atoms with Crippen LogP contribution in [0.3, 0.4) is 0 Å². The van der Waals surface area contributed by atoms with Crippen LogP contribution in [0, 0.1) is 5.82 Å². The lowest BCUT2D eigenvalue weighted by atomic mass is 10.2. The second-order valence-electron chi connectivity index (χ2n) is 5.77. The molecule has 0 radical (unpaired) electrons. The Morgan fingerprint density at radius 1 is 1.08 bits per heavy atom. The molecule has 7 heteroatoms. The van der Waals surface area contributed by atoms with E-state index in [0.29, 0.717) is 18.8 Å². The van der Waals surface area contributed by atoms with Gasteiger partial charge < -0.3 is 4.90 Å². The van der Waals surface area contributed by atoms with Crippen molar-refractivity contribution in [3.8, 4) is 0 Å². The molecule has 0 spiro atoms. The van der Waals surface area contributed by atoms with Crippen LogP contribution >= 0.6 is 11.8 Å². The number of benzene rings is 2. The molecule has 0 fully saturated rings. The van der Waals surface area contributed by atoms with E-state index < -0.39 is 0 Å². The highest BCUT2D eigenvalue weighted by atomic mass is 32.2. The average molecular weight is 354 g/mol. The number of hydrogen-bond acceptors (Lipinski definition) is 4. The number of thioether (sulfide) groups is 1. The third-order valence-electron chi connectivity index (χ3n) is 3.97. The van der Waals surface area contributed by atoms with Crippen LogP contribution in [-0.2, 0) is 17.9 Å². The van der Waals surface area contributed by atoms with Crippen LogP contribution in [0.1, 0.15) is 11.3 Å². The summed E-state index contributed by atoms with van der Waals surface area (Å²) in [4.78, 5) is 15.2. The van der Waals surface area contributed by atoms with Crippen LogP contribution in [0.2, 0.25) is 0 Å². The van der Waals surface area contributed by atoms with Crippen molar-refractivity contribution in [3.63, 3.8) is 0 Å². The highest BCUT2D eigenvalue weighted by Gasteiger charge is 2.25. The normalized spacial score (nSPS) is 13.8. The molecule has 1 aromatic heterocycles. The van der Waals surface area contributed by atoms with Gasteiger partial charge in [-0.25, -0.2) is 9.07 Å². The minimum absolute atomic E-state index is 0.0665. The van der Waals surface area contributed by atoms with Gasteiger partial charge in [-0.1, -0.05) is 29.5 Å². The van der Waals surface area contributed by atoms with Gasteiger partial charge in [0.25, 0.3) is 0 Å². The van der Waals surface area contributed by atoms with Crippen LogP contribution in [0.5, 0.6) is 0 Å². The molecule has 25 heavy (non-hydrogen) atoms. The zero-order valence-corrected chi connectivity index (χ0v) is 14.1. The summed E-state index contributed by atoms with van der Waals surface area (Å²) in [6.07, 6.45) is 1.82. The van der Waals surface area contributed by atoms with Crippen molar-refractivity contribution < 1.29 is 9.18 Å². The van der Waals surface area contributed by atoms with Crippen molar-refractivity contribution in [1.82, 2.24) is 15.0 Å². The van der Waals surface area contributed by atoms with Crippen molar-refractivity contribution in [1.29, 1.82) is 0 Å². The lowest BCUT2D eigenvalue weighted by molar-refractivity contribution is -0.116. The van der Waals surface area contributed by atoms with E-state index in [1.54, 1.807) is 33.5 Å². The smallest absolute Gasteiger partial charge is 0.237 e. The number of amides is 1. The summed E-state index contributed by atoms with van der Waals surface area (Å²) in [5, 5.41) is 8.28. The Kier molecular flexibility index (Phi) is 4.23. The number of aromatic nitrogens is 3. The Morgan fingerprint density at radius 3 is 2.72 bits per heavy atom. The number of halogens is 1. The van der Waals surface area contributed by atoms with Gasteiger partial charge >= 0.3 is 0 Å². The Balaban J connectivity index is 1.51. The van der Waals surface area contributed by atoms with Gasteiger partial charge in [0, 0.05) is 4.90 Å². The van der Waals surface area contributed by atoms with Gasteiger partial charge in [-0.3, -0.25) is 4.79 Å². The molecule has 1 aliphatic rings. The Hall–Kier alpha value is -2.67. The first kappa shape index (κ1) is 15.8. The number of para-hydroxylation sites is 1. The molecule has 0 unspecified atom stereocenters. The fourth-order valence-electron chi connectivity index (χ4n) is 2.75. The summed E-state index contributed by atoms with van der Waals surface area (Å²) in [6, 6.07) is 14.2. The number of carbonyl (C=O) groups excluding carboxylic acids is 1. The summed E-state index contributed by atoms with van der Waals surface area (Å²) in [5.74, 6) is 0.237. The van der Waals surface area contributed by atoms with Gasteiger partial charge in [0.1, 0.15) is 11.5 Å². The van der Waals surface area contributed by atoms with E-state index in [-0.39, 0.29) is 11.7 Å². The molecule has 2 heterocycles. The molecule has 3 aromatic rings. The first-order valence-electron chi connectivity index (χ1n) is 7.85. The number of carbonyl (C=O) groups is 1. The second kappa shape index (κ2) is 6.68. The number of rotatable bonds is 4.